The van der Waals surface area contributed by atoms with Crippen LogP contribution in [0.25, 0.3) is 0 Å². The first-order chi connectivity index (χ1) is 10.0. The molecule has 0 spiro atoms. The summed E-state index contributed by atoms with van der Waals surface area (Å²) in [6.45, 7) is 10.5. The number of amides is 1. The fraction of sp³-hybridized carbons (Fsp3) is 0.588. The zero-order valence-electron chi connectivity index (χ0n) is 13.4. The Balaban J connectivity index is 1.95. The van der Waals surface area contributed by atoms with Gasteiger partial charge in [0.15, 0.2) is 0 Å². The molecule has 0 saturated carbocycles. The lowest BCUT2D eigenvalue weighted by atomic mass is 10.0. The molecule has 0 aliphatic carbocycles. The lowest BCUT2D eigenvalue weighted by Gasteiger charge is -2.37. The molecule has 1 atom stereocenters. The highest BCUT2D eigenvalue weighted by molar-refractivity contribution is 5.94. The quantitative estimate of drug-likeness (QED) is 0.921. The van der Waals surface area contributed by atoms with Crippen molar-refractivity contribution in [3.63, 3.8) is 0 Å². The fourth-order valence-electron chi connectivity index (χ4n) is 2.71. The molecule has 0 radical (unpaired) electrons. The zero-order chi connectivity index (χ0) is 15.4. The summed E-state index contributed by atoms with van der Waals surface area (Å²) >= 11 is 0. The first kappa shape index (κ1) is 16.0. The van der Waals surface area contributed by atoms with Gasteiger partial charge in [-0.15, -0.1) is 0 Å². The highest BCUT2D eigenvalue weighted by Crippen LogP contribution is 2.16. The third-order valence-corrected chi connectivity index (χ3v) is 4.39. The van der Waals surface area contributed by atoms with E-state index in [2.05, 4.69) is 37.8 Å². The molecule has 1 aromatic rings. The zero-order valence-corrected chi connectivity index (χ0v) is 13.4. The fourth-order valence-corrected chi connectivity index (χ4v) is 2.71. The van der Waals surface area contributed by atoms with E-state index in [4.69, 9.17) is 5.73 Å². The molecule has 1 heterocycles. The second kappa shape index (κ2) is 7.05. The molecule has 2 N–H and O–H groups in total. The van der Waals surface area contributed by atoms with Crippen molar-refractivity contribution in [2.45, 2.75) is 32.7 Å². The van der Waals surface area contributed by atoms with Gasteiger partial charge in [0.25, 0.3) is 5.91 Å². The molecule has 1 amide bonds. The number of carbonyl (C=O) groups excluding carboxylic acids is 1. The summed E-state index contributed by atoms with van der Waals surface area (Å²) in [6.07, 6.45) is 0. The number of hydrogen-bond acceptors (Lipinski definition) is 3. The molecule has 0 bridgehead atoms. The maximum atomic E-state index is 12.5. The molecule has 21 heavy (non-hydrogen) atoms. The van der Waals surface area contributed by atoms with Crippen LogP contribution in [0.4, 0.5) is 0 Å². The standard InChI is InChI=1S/C17H27N3O/c1-13(2)15-4-6-16(7-5-15)17(21)20-10-8-19(9-11-20)14(3)12-18/h4-7,13-14H,8-12,18H2,1-3H3. The van der Waals surface area contributed by atoms with Crippen molar-refractivity contribution in [2.24, 2.45) is 5.73 Å². The lowest BCUT2D eigenvalue weighted by molar-refractivity contribution is 0.0589. The van der Waals surface area contributed by atoms with Crippen LogP contribution in [0.5, 0.6) is 0 Å². The number of carbonyl (C=O) groups is 1. The van der Waals surface area contributed by atoms with E-state index in [1.165, 1.54) is 5.56 Å². The van der Waals surface area contributed by atoms with Crippen LogP contribution < -0.4 is 5.73 Å². The van der Waals surface area contributed by atoms with Crippen molar-refractivity contribution in [1.29, 1.82) is 0 Å². The van der Waals surface area contributed by atoms with Gasteiger partial charge in [0.1, 0.15) is 0 Å². The van der Waals surface area contributed by atoms with Crippen LogP contribution in [0.15, 0.2) is 24.3 Å². The largest absolute Gasteiger partial charge is 0.336 e. The first-order valence-corrected chi connectivity index (χ1v) is 7.86. The van der Waals surface area contributed by atoms with Gasteiger partial charge in [-0.2, -0.15) is 0 Å². The van der Waals surface area contributed by atoms with Crippen LogP contribution in [0, 0.1) is 0 Å². The Kier molecular flexibility index (Phi) is 5.37. The number of hydrogen-bond donors (Lipinski definition) is 1. The predicted octanol–water partition coefficient (Wildman–Crippen LogP) is 1.91. The molecular formula is C17H27N3O. The Hall–Kier alpha value is -1.39. The molecule has 1 fully saturated rings. The maximum Gasteiger partial charge on any atom is 0.253 e. The number of benzene rings is 1. The summed E-state index contributed by atoms with van der Waals surface area (Å²) in [4.78, 5) is 16.8. The van der Waals surface area contributed by atoms with Gasteiger partial charge in [0.2, 0.25) is 0 Å². The summed E-state index contributed by atoms with van der Waals surface area (Å²) in [5.74, 6) is 0.640. The van der Waals surface area contributed by atoms with Gasteiger partial charge in [-0.05, 0) is 30.5 Å². The highest BCUT2D eigenvalue weighted by atomic mass is 16.2. The van der Waals surface area contributed by atoms with Gasteiger partial charge in [-0.1, -0.05) is 26.0 Å². The number of nitrogens with two attached hydrogens (primary N) is 1. The normalized spacial score (nSPS) is 18.0. The Morgan fingerprint density at radius 3 is 2.14 bits per heavy atom. The van der Waals surface area contributed by atoms with E-state index in [9.17, 15) is 4.79 Å². The predicted molar refractivity (Wildman–Crippen MR) is 86.5 cm³/mol. The summed E-state index contributed by atoms with van der Waals surface area (Å²) in [6, 6.07) is 8.42. The third-order valence-electron chi connectivity index (χ3n) is 4.39. The van der Waals surface area contributed by atoms with Crippen molar-refractivity contribution in [1.82, 2.24) is 9.80 Å². The molecule has 0 aromatic heterocycles. The minimum atomic E-state index is 0.144. The Morgan fingerprint density at radius 2 is 1.67 bits per heavy atom. The Bertz CT molecular complexity index is 461. The van der Waals surface area contributed by atoms with E-state index >= 15 is 0 Å². The molecule has 2 rings (SSSR count). The SMILES string of the molecule is CC(C)c1ccc(C(=O)N2CCN(C(C)CN)CC2)cc1. The van der Waals surface area contributed by atoms with Gasteiger partial charge in [0, 0.05) is 44.3 Å². The molecule has 1 saturated heterocycles. The van der Waals surface area contributed by atoms with Gasteiger partial charge in [0.05, 0.1) is 0 Å². The smallest absolute Gasteiger partial charge is 0.253 e. The molecular weight excluding hydrogens is 262 g/mol. The minimum absolute atomic E-state index is 0.144. The average molecular weight is 289 g/mol. The summed E-state index contributed by atoms with van der Waals surface area (Å²) < 4.78 is 0. The molecule has 4 heteroatoms. The summed E-state index contributed by atoms with van der Waals surface area (Å²) in [5.41, 5.74) is 7.77. The van der Waals surface area contributed by atoms with E-state index in [1.807, 2.05) is 17.0 Å². The van der Waals surface area contributed by atoms with E-state index in [0.29, 0.717) is 18.5 Å². The molecule has 1 aliphatic rings. The Labute approximate surface area is 127 Å². The van der Waals surface area contributed by atoms with Gasteiger partial charge >= 0.3 is 0 Å². The van der Waals surface area contributed by atoms with E-state index in [1.54, 1.807) is 0 Å². The summed E-state index contributed by atoms with van der Waals surface area (Å²) in [7, 11) is 0. The number of nitrogens with zero attached hydrogens (tertiary/aromatic N) is 2. The van der Waals surface area contributed by atoms with Crippen molar-refractivity contribution in [3.8, 4) is 0 Å². The van der Waals surface area contributed by atoms with E-state index < -0.39 is 0 Å². The van der Waals surface area contributed by atoms with Crippen molar-refractivity contribution >= 4 is 5.91 Å². The van der Waals surface area contributed by atoms with Crippen molar-refractivity contribution in [2.75, 3.05) is 32.7 Å². The van der Waals surface area contributed by atoms with Crippen molar-refractivity contribution < 1.29 is 4.79 Å². The average Bonchev–Trinajstić information content (AvgIpc) is 2.53. The van der Waals surface area contributed by atoms with Crippen LogP contribution in [-0.2, 0) is 0 Å². The number of rotatable bonds is 4. The number of piperazine rings is 1. The minimum Gasteiger partial charge on any atom is -0.336 e. The van der Waals surface area contributed by atoms with Gasteiger partial charge < -0.3 is 10.6 Å². The van der Waals surface area contributed by atoms with Crippen LogP contribution in [0.1, 0.15) is 42.6 Å². The van der Waals surface area contributed by atoms with Crippen LogP contribution in [0.2, 0.25) is 0 Å². The second-order valence-corrected chi connectivity index (χ2v) is 6.19. The Morgan fingerprint density at radius 1 is 1.10 bits per heavy atom. The highest BCUT2D eigenvalue weighted by Gasteiger charge is 2.24. The van der Waals surface area contributed by atoms with E-state index in [0.717, 1.165) is 31.7 Å². The topological polar surface area (TPSA) is 49.6 Å². The molecule has 116 valence electrons. The molecule has 1 aromatic carbocycles. The van der Waals surface area contributed by atoms with Gasteiger partial charge in [-0.3, -0.25) is 9.69 Å². The van der Waals surface area contributed by atoms with Crippen LogP contribution in [0.3, 0.4) is 0 Å². The summed E-state index contributed by atoms with van der Waals surface area (Å²) in [5, 5.41) is 0. The monoisotopic (exact) mass is 289 g/mol. The van der Waals surface area contributed by atoms with Crippen LogP contribution >= 0.6 is 0 Å². The molecule has 1 unspecified atom stereocenters. The molecule has 4 nitrogen and oxygen atoms in total. The van der Waals surface area contributed by atoms with Crippen molar-refractivity contribution in [3.05, 3.63) is 35.4 Å². The third kappa shape index (κ3) is 3.83. The first-order valence-electron chi connectivity index (χ1n) is 7.86. The molecule has 1 aliphatic heterocycles. The lowest BCUT2D eigenvalue weighted by Crippen LogP contribution is -2.52. The van der Waals surface area contributed by atoms with Crippen LogP contribution in [-0.4, -0.2) is 54.5 Å². The van der Waals surface area contributed by atoms with E-state index in [-0.39, 0.29) is 5.91 Å². The maximum absolute atomic E-state index is 12.5. The van der Waals surface area contributed by atoms with Gasteiger partial charge in [-0.25, -0.2) is 0 Å². The second-order valence-electron chi connectivity index (χ2n) is 6.19.